The Morgan fingerprint density at radius 1 is 1.06 bits per heavy atom. The van der Waals surface area contributed by atoms with Crippen molar-refractivity contribution in [3.05, 3.63) is 77.6 Å². The molecule has 7 heteroatoms. The van der Waals surface area contributed by atoms with Crippen molar-refractivity contribution in [2.24, 2.45) is 0 Å². The highest BCUT2D eigenvalue weighted by Gasteiger charge is 2.29. The summed E-state index contributed by atoms with van der Waals surface area (Å²) in [5.41, 5.74) is 4.83. The van der Waals surface area contributed by atoms with E-state index >= 15 is 0 Å². The number of carboxylic acids is 1. The van der Waals surface area contributed by atoms with Crippen LogP contribution in [0, 0.1) is 6.92 Å². The molecule has 0 spiro atoms. The molecular weight excluding hydrogens is 392 g/mol. The lowest BCUT2D eigenvalue weighted by atomic mass is 9.99. The zero-order valence-electron chi connectivity index (χ0n) is 17.7. The summed E-state index contributed by atoms with van der Waals surface area (Å²) in [6.07, 6.45) is 1.41. The first-order valence-electron chi connectivity index (χ1n) is 10.4. The monoisotopic (exact) mass is 418 g/mol. The Kier molecular flexibility index (Phi) is 5.86. The topological polar surface area (TPSA) is 78.7 Å². The van der Waals surface area contributed by atoms with E-state index in [1.807, 2.05) is 25.1 Å². The molecule has 2 aromatic carbocycles. The molecule has 0 saturated carbocycles. The molecule has 1 amide bonds. The number of aromatic carboxylic acids is 1. The minimum absolute atomic E-state index is 0.00243. The van der Waals surface area contributed by atoms with Gasteiger partial charge < -0.3 is 10.0 Å². The van der Waals surface area contributed by atoms with E-state index in [0.717, 1.165) is 24.3 Å². The molecule has 4 rings (SSSR count). The molecule has 1 aliphatic rings. The number of benzene rings is 2. The van der Waals surface area contributed by atoms with Gasteiger partial charge in [0.2, 0.25) is 0 Å². The molecule has 3 aromatic rings. The predicted octanol–water partition coefficient (Wildman–Crippen LogP) is 3.73. The van der Waals surface area contributed by atoms with Crippen molar-refractivity contribution in [3.63, 3.8) is 0 Å². The van der Waals surface area contributed by atoms with E-state index in [0.29, 0.717) is 6.54 Å². The number of carbonyl (C=O) groups excluding carboxylic acids is 1. The van der Waals surface area contributed by atoms with E-state index in [9.17, 15) is 9.59 Å². The van der Waals surface area contributed by atoms with Crippen molar-refractivity contribution in [3.8, 4) is 11.1 Å². The van der Waals surface area contributed by atoms with Gasteiger partial charge in [0.1, 0.15) is 0 Å². The lowest BCUT2D eigenvalue weighted by Crippen LogP contribution is -2.54. The second-order valence-corrected chi connectivity index (χ2v) is 8.02. The van der Waals surface area contributed by atoms with Crippen molar-refractivity contribution in [2.45, 2.75) is 26.4 Å². The number of hydrogen-bond donors (Lipinski definition) is 1. The van der Waals surface area contributed by atoms with Gasteiger partial charge in [-0.05, 0) is 42.2 Å². The molecule has 0 radical (unpaired) electrons. The first-order valence-corrected chi connectivity index (χ1v) is 10.4. The second kappa shape index (κ2) is 8.73. The van der Waals surface area contributed by atoms with Gasteiger partial charge in [-0.15, -0.1) is 0 Å². The Balaban J connectivity index is 1.40. The molecule has 31 heavy (non-hydrogen) atoms. The van der Waals surface area contributed by atoms with Crippen LogP contribution in [-0.4, -0.2) is 62.4 Å². The van der Waals surface area contributed by atoms with Crippen molar-refractivity contribution < 1.29 is 14.7 Å². The van der Waals surface area contributed by atoms with Gasteiger partial charge in [-0.25, -0.2) is 9.59 Å². The lowest BCUT2D eigenvalue weighted by Gasteiger charge is -2.39. The van der Waals surface area contributed by atoms with E-state index in [1.165, 1.54) is 34.5 Å². The largest absolute Gasteiger partial charge is 0.476 e. The third-order valence-electron chi connectivity index (χ3n) is 5.81. The first kappa shape index (κ1) is 20.8. The number of rotatable bonds is 4. The smallest absolute Gasteiger partial charge is 0.356 e. The van der Waals surface area contributed by atoms with E-state index in [-0.39, 0.29) is 17.8 Å². The van der Waals surface area contributed by atoms with E-state index in [2.05, 4.69) is 47.3 Å². The number of carboxylic acid groups (broad SMARTS) is 1. The number of amides is 1. The lowest BCUT2D eigenvalue weighted by molar-refractivity contribution is 0.0689. The highest BCUT2D eigenvalue weighted by atomic mass is 16.4. The molecule has 1 atom stereocenters. The number of nitrogens with zero attached hydrogens (tertiary/aromatic N) is 4. The fourth-order valence-corrected chi connectivity index (χ4v) is 4.06. The zero-order valence-corrected chi connectivity index (χ0v) is 17.7. The molecule has 7 nitrogen and oxygen atoms in total. The summed E-state index contributed by atoms with van der Waals surface area (Å²) in [7, 11) is 0. The maximum absolute atomic E-state index is 12.8. The van der Waals surface area contributed by atoms with Gasteiger partial charge >= 0.3 is 12.0 Å². The zero-order chi connectivity index (χ0) is 22.0. The summed E-state index contributed by atoms with van der Waals surface area (Å²) >= 11 is 0. The first-order chi connectivity index (χ1) is 14.9. The van der Waals surface area contributed by atoms with Gasteiger partial charge in [0.15, 0.2) is 5.69 Å². The highest BCUT2D eigenvalue weighted by Crippen LogP contribution is 2.23. The average Bonchev–Trinajstić information content (AvgIpc) is 3.26. The number of piperazine rings is 1. The minimum Gasteiger partial charge on any atom is -0.476 e. The van der Waals surface area contributed by atoms with Gasteiger partial charge in [0, 0.05) is 38.4 Å². The molecule has 1 fully saturated rings. The van der Waals surface area contributed by atoms with E-state index in [1.54, 1.807) is 4.90 Å². The van der Waals surface area contributed by atoms with Gasteiger partial charge in [-0.3, -0.25) is 4.90 Å². The molecular formula is C24H26N4O3. The van der Waals surface area contributed by atoms with Crippen LogP contribution in [-0.2, 0) is 6.54 Å². The standard InChI is InChI=1S/C24H26N4O3/c1-17-14-20(19-6-4-3-5-7-19)8-9-21(17)16-26-12-13-27(18(2)15-26)24(31)28-11-10-22(25-28)23(29)30/h3-11,14,18H,12-13,15-16H2,1-2H3,(H,29,30)/t18-/m0/s1. The number of carbonyl (C=O) groups is 2. The van der Waals surface area contributed by atoms with Crippen LogP contribution < -0.4 is 0 Å². The Morgan fingerprint density at radius 3 is 2.48 bits per heavy atom. The molecule has 2 heterocycles. The SMILES string of the molecule is Cc1cc(-c2ccccc2)ccc1CN1CCN(C(=O)n2ccc(C(=O)O)n2)[C@@H](C)C1. The Hall–Kier alpha value is -3.45. The van der Waals surface area contributed by atoms with Crippen molar-refractivity contribution in [2.75, 3.05) is 19.6 Å². The van der Waals surface area contributed by atoms with Crippen LogP contribution >= 0.6 is 0 Å². The van der Waals surface area contributed by atoms with Gasteiger partial charge in [0.05, 0.1) is 0 Å². The molecule has 1 N–H and O–H groups in total. The third kappa shape index (κ3) is 4.51. The summed E-state index contributed by atoms with van der Waals surface area (Å²) in [6, 6.07) is 18.0. The molecule has 0 unspecified atom stereocenters. The molecule has 0 aliphatic carbocycles. The molecule has 0 bridgehead atoms. The third-order valence-corrected chi connectivity index (χ3v) is 5.81. The minimum atomic E-state index is -1.14. The van der Waals surface area contributed by atoms with Crippen molar-refractivity contribution >= 4 is 12.0 Å². The number of aromatic nitrogens is 2. The summed E-state index contributed by atoms with van der Waals surface area (Å²) in [4.78, 5) is 27.9. The predicted molar refractivity (Wildman–Crippen MR) is 118 cm³/mol. The fraction of sp³-hybridized carbons (Fsp3) is 0.292. The van der Waals surface area contributed by atoms with Gasteiger partial charge in [0.25, 0.3) is 0 Å². The van der Waals surface area contributed by atoms with Crippen LogP contribution in [0.5, 0.6) is 0 Å². The maximum Gasteiger partial charge on any atom is 0.356 e. The Morgan fingerprint density at radius 2 is 1.84 bits per heavy atom. The second-order valence-electron chi connectivity index (χ2n) is 8.02. The van der Waals surface area contributed by atoms with Gasteiger partial charge in [-0.2, -0.15) is 9.78 Å². The molecule has 160 valence electrons. The summed E-state index contributed by atoms with van der Waals surface area (Å²) in [5, 5.41) is 12.9. The maximum atomic E-state index is 12.8. The normalized spacial score (nSPS) is 17.0. The Labute approximate surface area is 181 Å². The molecule has 1 saturated heterocycles. The number of aryl methyl sites for hydroxylation is 1. The number of hydrogen-bond acceptors (Lipinski definition) is 4. The summed E-state index contributed by atoms with van der Waals surface area (Å²) in [5.74, 6) is -1.14. The van der Waals surface area contributed by atoms with E-state index in [4.69, 9.17) is 5.11 Å². The van der Waals surface area contributed by atoms with Crippen LogP contribution in [0.4, 0.5) is 4.79 Å². The Bertz CT molecular complexity index is 1090. The summed E-state index contributed by atoms with van der Waals surface area (Å²) in [6.45, 7) is 7.06. The van der Waals surface area contributed by atoms with E-state index < -0.39 is 5.97 Å². The van der Waals surface area contributed by atoms with Crippen LogP contribution in [0.25, 0.3) is 11.1 Å². The van der Waals surface area contributed by atoms with Crippen molar-refractivity contribution in [1.82, 2.24) is 19.6 Å². The van der Waals surface area contributed by atoms with Crippen LogP contribution in [0.2, 0.25) is 0 Å². The highest BCUT2D eigenvalue weighted by molar-refractivity contribution is 5.86. The van der Waals surface area contributed by atoms with Crippen LogP contribution in [0.15, 0.2) is 60.8 Å². The quantitative estimate of drug-likeness (QED) is 0.698. The van der Waals surface area contributed by atoms with Crippen LogP contribution in [0.3, 0.4) is 0 Å². The average molecular weight is 418 g/mol. The van der Waals surface area contributed by atoms with Crippen molar-refractivity contribution in [1.29, 1.82) is 0 Å². The summed E-state index contributed by atoms with van der Waals surface area (Å²) < 4.78 is 1.11. The molecule has 1 aliphatic heterocycles. The van der Waals surface area contributed by atoms with Crippen LogP contribution in [0.1, 0.15) is 28.5 Å². The fourth-order valence-electron chi connectivity index (χ4n) is 4.06. The van der Waals surface area contributed by atoms with Gasteiger partial charge in [-0.1, -0.05) is 48.5 Å². The molecule has 1 aromatic heterocycles.